The largest absolute Gasteiger partial charge is 0.336 e. The molecule has 0 bridgehead atoms. The average molecular weight is 340 g/mol. The van der Waals surface area contributed by atoms with Gasteiger partial charge >= 0.3 is 6.03 Å². The SMILES string of the molecule is C[C@@H](NC(=O)N1CC(N2CCCC2=O)C1)c1ccc(F)cc1Cl. The molecule has 1 atom stereocenters. The van der Waals surface area contributed by atoms with Crippen LogP contribution in [-0.2, 0) is 4.79 Å². The molecule has 23 heavy (non-hydrogen) atoms. The number of amides is 3. The highest BCUT2D eigenvalue weighted by atomic mass is 35.5. The molecule has 2 heterocycles. The van der Waals surface area contributed by atoms with Crippen LogP contribution in [0.15, 0.2) is 18.2 Å². The minimum atomic E-state index is -0.404. The van der Waals surface area contributed by atoms with Gasteiger partial charge in [-0.2, -0.15) is 0 Å². The third-order valence-corrected chi connectivity index (χ3v) is 4.80. The molecule has 1 aromatic carbocycles. The summed E-state index contributed by atoms with van der Waals surface area (Å²) in [7, 11) is 0. The van der Waals surface area contributed by atoms with Gasteiger partial charge in [-0.25, -0.2) is 9.18 Å². The van der Waals surface area contributed by atoms with E-state index in [2.05, 4.69) is 5.32 Å². The van der Waals surface area contributed by atoms with Gasteiger partial charge in [-0.05, 0) is 31.0 Å². The van der Waals surface area contributed by atoms with Crippen LogP contribution >= 0.6 is 11.6 Å². The molecular weight excluding hydrogens is 321 g/mol. The van der Waals surface area contributed by atoms with E-state index in [1.165, 1.54) is 12.1 Å². The fourth-order valence-corrected chi connectivity index (χ4v) is 3.41. The van der Waals surface area contributed by atoms with Gasteiger partial charge in [0.2, 0.25) is 5.91 Å². The number of hydrogen-bond donors (Lipinski definition) is 1. The molecule has 5 nitrogen and oxygen atoms in total. The van der Waals surface area contributed by atoms with Gasteiger partial charge < -0.3 is 15.1 Å². The quantitative estimate of drug-likeness (QED) is 0.920. The van der Waals surface area contributed by atoms with Crippen molar-refractivity contribution in [1.29, 1.82) is 0 Å². The Kier molecular flexibility index (Phi) is 4.43. The Morgan fingerprint density at radius 3 is 2.78 bits per heavy atom. The van der Waals surface area contributed by atoms with Gasteiger partial charge in [-0.15, -0.1) is 0 Å². The van der Waals surface area contributed by atoms with Crippen molar-refractivity contribution < 1.29 is 14.0 Å². The molecule has 2 saturated heterocycles. The summed E-state index contributed by atoms with van der Waals surface area (Å²) in [4.78, 5) is 27.4. The highest BCUT2D eigenvalue weighted by molar-refractivity contribution is 6.31. The molecular formula is C16H19ClFN3O2. The number of rotatable bonds is 3. The van der Waals surface area contributed by atoms with E-state index in [9.17, 15) is 14.0 Å². The van der Waals surface area contributed by atoms with E-state index in [1.54, 1.807) is 17.9 Å². The first-order chi connectivity index (χ1) is 11.0. The van der Waals surface area contributed by atoms with Crippen molar-refractivity contribution in [2.45, 2.75) is 31.8 Å². The first kappa shape index (κ1) is 16.1. The smallest absolute Gasteiger partial charge is 0.318 e. The molecule has 0 saturated carbocycles. The molecule has 3 rings (SSSR count). The maximum absolute atomic E-state index is 13.1. The topological polar surface area (TPSA) is 52.7 Å². The van der Waals surface area contributed by atoms with Gasteiger partial charge in [0.15, 0.2) is 0 Å². The van der Waals surface area contributed by atoms with E-state index in [0.717, 1.165) is 13.0 Å². The van der Waals surface area contributed by atoms with E-state index in [0.29, 0.717) is 30.1 Å². The minimum Gasteiger partial charge on any atom is -0.336 e. The van der Waals surface area contributed by atoms with Gasteiger partial charge in [0, 0.05) is 31.1 Å². The second-order valence-electron chi connectivity index (χ2n) is 6.09. The zero-order chi connectivity index (χ0) is 16.6. The third kappa shape index (κ3) is 3.27. The number of benzene rings is 1. The molecule has 0 radical (unpaired) electrons. The second-order valence-corrected chi connectivity index (χ2v) is 6.49. The summed E-state index contributed by atoms with van der Waals surface area (Å²) in [5.41, 5.74) is 0.674. The lowest BCUT2D eigenvalue weighted by atomic mass is 10.1. The van der Waals surface area contributed by atoms with Crippen LogP contribution in [0.5, 0.6) is 0 Å². The zero-order valence-electron chi connectivity index (χ0n) is 12.9. The van der Waals surface area contributed by atoms with Crippen molar-refractivity contribution in [3.63, 3.8) is 0 Å². The molecule has 1 aromatic rings. The summed E-state index contributed by atoms with van der Waals surface area (Å²) in [6.45, 7) is 3.71. The van der Waals surface area contributed by atoms with E-state index in [4.69, 9.17) is 11.6 Å². The van der Waals surface area contributed by atoms with Crippen LogP contribution in [0.1, 0.15) is 31.4 Å². The Hall–Kier alpha value is -1.82. The monoisotopic (exact) mass is 339 g/mol. The highest BCUT2D eigenvalue weighted by Gasteiger charge is 2.38. The van der Waals surface area contributed by atoms with Crippen molar-refractivity contribution in [3.8, 4) is 0 Å². The lowest BCUT2D eigenvalue weighted by Crippen LogP contribution is -2.63. The number of urea groups is 1. The molecule has 0 aromatic heterocycles. The summed E-state index contributed by atoms with van der Waals surface area (Å²) >= 11 is 6.01. The van der Waals surface area contributed by atoms with Crippen molar-refractivity contribution in [1.82, 2.24) is 15.1 Å². The molecule has 0 spiro atoms. The van der Waals surface area contributed by atoms with Crippen LogP contribution in [0.2, 0.25) is 5.02 Å². The normalized spacial score (nSPS) is 19.7. The number of nitrogens with one attached hydrogen (secondary N) is 1. The third-order valence-electron chi connectivity index (χ3n) is 4.47. The molecule has 2 fully saturated rings. The predicted molar refractivity (Wildman–Crippen MR) is 84.7 cm³/mol. The van der Waals surface area contributed by atoms with E-state index < -0.39 is 5.82 Å². The van der Waals surface area contributed by atoms with Crippen molar-refractivity contribution in [3.05, 3.63) is 34.6 Å². The highest BCUT2D eigenvalue weighted by Crippen LogP contribution is 2.25. The van der Waals surface area contributed by atoms with Gasteiger partial charge in [0.25, 0.3) is 0 Å². The van der Waals surface area contributed by atoms with E-state index >= 15 is 0 Å². The predicted octanol–water partition coefficient (Wildman–Crippen LogP) is 2.56. The number of carbonyl (C=O) groups excluding carboxylic acids is 2. The molecule has 3 amide bonds. The molecule has 2 aliphatic heterocycles. The second kappa shape index (κ2) is 6.35. The van der Waals surface area contributed by atoms with Crippen LogP contribution in [-0.4, -0.2) is 47.4 Å². The fraction of sp³-hybridized carbons (Fsp3) is 0.500. The molecule has 124 valence electrons. The zero-order valence-corrected chi connectivity index (χ0v) is 13.6. The molecule has 0 unspecified atom stereocenters. The Bertz CT molecular complexity index is 634. The van der Waals surface area contributed by atoms with Crippen molar-refractivity contribution >= 4 is 23.5 Å². The molecule has 0 aliphatic carbocycles. The first-order valence-electron chi connectivity index (χ1n) is 7.75. The first-order valence-corrected chi connectivity index (χ1v) is 8.13. The Morgan fingerprint density at radius 1 is 1.43 bits per heavy atom. The lowest BCUT2D eigenvalue weighted by molar-refractivity contribution is -0.132. The molecule has 2 aliphatic rings. The molecule has 1 N–H and O–H groups in total. The minimum absolute atomic E-state index is 0.139. The summed E-state index contributed by atoms with van der Waals surface area (Å²) in [6, 6.07) is 3.76. The van der Waals surface area contributed by atoms with Crippen molar-refractivity contribution in [2.24, 2.45) is 0 Å². The standard InChI is InChI=1S/C16H19ClFN3O2/c1-10(13-5-4-11(18)7-14(13)17)19-16(23)20-8-12(9-20)21-6-2-3-15(21)22/h4-5,7,10,12H,2-3,6,8-9H2,1H3,(H,19,23)/t10-/m1/s1. The number of carbonyl (C=O) groups is 2. The van der Waals surface area contributed by atoms with Gasteiger partial charge in [-0.3, -0.25) is 4.79 Å². The van der Waals surface area contributed by atoms with Crippen molar-refractivity contribution in [2.75, 3.05) is 19.6 Å². The Morgan fingerprint density at radius 2 is 2.17 bits per heavy atom. The van der Waals surface area contributed by atoms with E-state index in [1.807, 2.05) is 4.90 Å². The summed E-state index contributed by atoms with van der Waals surface area (Å²) < 4.78 is 13.1. The number of halogens is 2. The maximum Gasteiger partial charge on any atom is 0.318 e. The van der Waals surface area contributed by atoms with Crippen LogP contribution in [0, 0.1) is 5.82 Å². The fourth-order valence-electron chi connectivity index (χ4n) is 3.08. The number of likely N-dealkylation sites (tertiary alicyclic amines) is 2. The maximum atomic E-state index is 13.1. The van der Waals surface area contributed by atoms with E-state index in [-0.39, 0.29) is 24.0 Å². The van der Waals surface area contributed by atoms with Gasteiger partial charge in [0.05, 0.1) is 12.1 Å². The van der Waals surface area contributed by atoms with Crippen LogP contribution in [0.4, 0.5) is 9.18 Å². The Balaban J connectivity index is 1.53. The number of nitrogens with zero attached hydrogens (tertiary/aromatic N) is 2. The Labute approximate surface area is 139 Å². The lowest BCUT2D eigenvalue weighted by Gasteiger charge is -2.44. The van der Waals surface area contributed by atoms with Crippen LogP contribution in [0.25, 0.3) is 0 Å². The van der Waals surface area contributed by atoms with Gasteiger partial charge in [0.1, 0.15) is 5.82 Å². The summed E-state index contributed by atoms with van der Waals surface area (Å²) in [6.07, 6.45) is 1.52. The van der Waals surface area contributed by atoms with Gasteiger partial charge in [-0.1, -0.05) is 17.7 Å². The summed E-state index contributed by atoms with van der Waals surface area (Å²) in [5.74, 6) is -0.223. The van der Waals surface area contributed by atoms with Crippen LogP contribution in [0.3, 0.4) is 0 Å². The average Bonchev–Trinajstić information content (AvgIpc) is 2.83. The molecule has 7 heteroatoms. The van der Waals surface area contributed by atoms with Crippen LogP contribution < -0.4 is 5.32 Å². The number of hydrogen-bond acceptors (Lipinski definition) is 2. The summed E-state index contributed by atoms with van der Waals surface area (Å²) in [5, 5.41) is 3.15.